The van der Waals surface area contributed by atoms with Gasteiger partial charge in [-0.15, -0.1) is 0 Å². The van der Waals surface area contributed by atoms with Crippen LogP contribution in [0.4, 0.5) is 13.6 Å². The molecule has 4 aromatic rings. The Labute approximate surface area is 226 Å². The standard InChI is InChI=1S/C29H22F2N2O5S/c1-16(27-28(35)32-29(36)39-27)17-5-10-21(11-6-17)37-13-14-38-26-24(18-3-7-19(30)8-4-18)33(2)23-15-20(31)9-12-22(23)25(26)34/h3-12,15H,13-14H2,1-2H3,(H,32,35,36). The van der Waals surface area contributed by atoms with Crippen LogP contribution in [0.3, 0.4) is 0 Å². The third kappa shape index (κ3) is 5.28. The predicted octanol–water partition coefficient (Wildman–Crippen LogP) is 5.66. The molecule has 2 heterocycles. The SMILES string of the molecule is CC(=C1SC(=O)NC1=O)c1ccc(OCCOc2c(-c3ccc(F)cc3)n(C)c3cc(F)ccc3c2=O)cc1. The topological polar surface area (TPSA) is 86.6 Å². The van der Waals surface area contributed by atoms with E-state index in [4.69, 9.17) is 9.47 Å². The Balaban J connectivity index is 1.35. The number of nitrogens with zero attached hydrogens (tertiary/aromatic N) is 1. The van der Waals surface area contributed by atoms with Crippen molar-refractivity contribution in [2.75, 3.05) is 13.2 Å². The van der Waals surface area contributed by atoms with E-state index in [0.29, 0.717) is 33.0 Å². The number of amides is 2. The Morgan fingerprint density at radius 3 is 2.23 bits per heavy atom. The third-order valence-electron chi connectivity index (χ3n) is 6.28. The van der Waals surface area contributed by atoms with Crippen LogP contribution >= 0.6 is 11.8 Å². The molecule has 5 rings (SSSR count). The smallest absolute Gasteiger partial charge is 0.290 e. The molecule has 2 amide bonds. The van der Waals surface area contributed by atoms with Gasteiger partial charge in [-0.25, -0.2) is 8.78 Å². The van der Waals surface area contributed by atoms with Gasteiger partial charge in [0.1, 0.15) is 30.6 Å². The van der Waals surface area contributed by atoms with Gasteiger partial charge >= 0.3 is 0 Å². The van der Waals surface area contributed by atoms with Gasteiger partial charge in [0.15, 0.2) is 5.75 Å². The number of rotatable bonds is 7. The van der Waals surface area contributed by atoms with Gasteiger partial charge in [0.05, 0.1) is 16.1 Å². The number of fused-ring (bicyclic) bond motifs is 1. The summed E-state index contributed by atoms with van der Waals surface area (Å²) in [5.41, 5.74) is 2.34. The molecule has 39 heavy (non-hydrogen) atoms. The summed E-state index contributed by atoms with van der Waals surface area (Å²) in [6.07, 6.45) is 0. The monoisotopic (exact) mass is 548 g/mol. The number of ether oxygens (including phenoxy) is 2. The molecular formula is C29H22F2N2O5S. The first-order valence-electron chi connectivity index (χ1n) is 11.9. The van der Waals surface area contributed by atoms with Gasteiger partial charge in [0.25, 0.3) is 11.1 Å². The van der Waals surface area contributed by atoms with Crippen LogP contribution in [-0.4, -0.2) is 28.9 Å². The number of benzene rings is 3. The lowest BCUT2D eigenvalue weighted by atomic mass is 10.1. The number of imide groups is 1. The first-order chi connectivity index (χ1) is 18.7. The summed E-state index contributed by atoms with van der Waals surface area (Å²) in [5, 5.41) is 2.14. The quantitative estimate of drug-likeness (QED) is 0.237. The van der Waals surface area contributed by atoms with Crippen LogP contribution in [0, 0.1) is 11.6 Å². The number of aryl methyl sites for hydroxylation is 1. The van der Waals surface area contributed by atoms with Crippen LogP contribution in [0.1, 0.15) is 12.5 Å². The Kier molecular flexibility index (Phi) is 7.21. The predicted molar refractivity (Wildman–Crippen MR) is 146 cm³/mol. The highest BCUT2D eigenvalue weighted by Gasteiger charge is 2.27. The van der Waals surface area contributed by atoms with Crippen LogP contribution in [0.15, 0.2) is 76.4 Å². The molecule has 1 saturated heterocycles. The molecule has 1 aliphatic heterocycles. The summed E-state index contributed by atoms with van der Waals surface area (Å²) in [6.45, 7) is 1.90. The Morgan fingerprint density at radius 2 is 1.56 bits per heavy atom. The minimum absolute atomic E-state index is 0.0277. The molecule has 1 aliphatic rings. The van der Waals surface area contributed by atoms with Crippen molar-refractivity contribution in [3.8, 4) is 22.8 Å². The molecule has 1 N–H and O–H groups in total. The van der Waals surface area contributed by atoms with Crippen LogP contribution < -0.4 is 20.2 Å². The largest absolute Gasteiger partial charge is 0.490 e. The van der Waals surface area contributed by atoms with E-state index in [1.165, 1.54) is 42.5 Å². The fraction of sp³-hybridized carbons (Fsp3) is 0.138. The molecule has 198 valence electrons. The van der Waals surface area contributed by atoms with Crippen molar-refractivity contribution in [3.63, 3.8) is 0 Å². The summed E-state index contributed by atoms with van der Waals surface area (Å²) in [5.74, 6) is -0.736. The zero-order chi connectivity index (χ0) is 27.7. The molecule has 7 nitrogen and oxygen atoms in total. The number of carbonyl (C=O) groups excluding carboxylic acids is 2. The van der Waals surface area contributed by atoms with E-state index in [9.17, 15) is 23.2 Å². The highest BCUT2D eigenvalue weighted by molar-refractivity contribution is 8.18. The molecule has 0 unspecified atom stereocenters. The fourth-order valence-corrected chi connectivity index (χ4v) is 5.08. The van der Waals surface area contributed by atoms with Crippen LogP contribution in [0.25, 0.3) is 27.7 Å². The van der Waals surface area contributed by atoms with Gasteiger partial charge in [-0.05, 0) is 84.4 Å². The number of thioether (sulfide) groups is 1. The Morgan fingerprint density at radius 1 is 0.897 bits per heavy atom. The molecule has 3 aromatic carbocycles. The van der Waals surface area contributed by atoms with Crippen LogP contribution in [-0.2, 0) is 11.8 Å². The van der Waals surface area contributed by atoms with E-state index < -0.39 is 28.2 Å². The van der Waals surface area contributed by atoms with E-state index in [0.717, 1.165) is 17.3 Å². The fourth-order valence-electron chi connectivity index (χ4n) is 4.34. The number of allylic oxidation sites excluding steroid dienone is 1. The third-order valence-corrected chi connectivity index (χ3v) is 7.27. The van der Waals surface area contributed by atoms with Gasteiger partial charge < -0.3 is 14.0 Å². The maximum Gasteiger partial charge on any atom is 0.290 e. The number of carbonyl (C=O) groups is 2. The summed E-state index contributed by atoms with van der Waals surface area (Å²) >= 11 is 0.867. The van der Waals surface area contributed by atoms with Crippen LogP contribution in [0.2, 0.25) is 0 Å². The van der Waals surface area contributed by atoms with Crippen molar-refractivity contribution in [1.29, 1.82) is 0 Å². The number of pyridine rings is 1. The number of hydrogen-bond acceptors (Lipinski definition) is 6. The van der Waals surface area contributed by atoms with E-state index in [1.54, 1.807) is 42.8 Å². The maximum atomic E-state index is 14.0. The zero-order valence-electron chi connectivity index (χ0n) is 20.9. The molecule has 0 atom stereocenters. The number of halogens is 2. The second-order valence-corrected chi connectivity index (χ2v) is 9.74. The molecule has 1 fully saturated rings. The molecule has 0 bridgehead atoms. The van der Waals surface area contributed by atoms with E-state index >= 15 is 0 Å². The number of nitrogens with one attached hydrogen (secondary N) is 1. The van der Waals surface area contributed by atoms with Crippen LogP contribution in [0.5, 0.6) is 11.5 Å². The molecule has 1 aromatic heterocycles. The maximum absolute atomic E-state index is 14.0. The Hall–Kier alpha value is -4.44. The van der Waals surface area contributed by atoms with Crippen molar-refractivity contribution in [1.82, 2.24) is 9.88 Å². The highest BCUT2D eigenvalue weighted by Crippen LogP contribution is 2.33. The van der Waals surface area contributed by atoms with Crippen molar-refractivity contribution >= 4 is 39.4 Å². The zero-order valence-corrected chi connectivity index (χ0v) is 21.7. The normalized spacial score (nSPS) is 14.5. The molecule has 0 spiro atoms. The van der Waals surface area contributed by atoms with Gasteiger partial charge in [0.2, 0.25) is 5.43 Å². The second kappa shape index (κ2) is 10.7. The van der Waals surface area contributed by atoms with E-state index in [2.05, 4.69) is 5.32 Å². The molecule has 0 aliphatic carbocycles. The summed E-state index contributed by atoms with van der Waals surface area (Å²) < 4.78 is 40.9. The van der Waals surface area contributed by atoms with Gasteiger partial charge in [0, 0.05) is 18.0 Å². The van der Waals surface area contributed by atoms with Crippen molar-refractivity contribution in [2.45, 2.75) is 6.92 Å². The molecule has 0 saturated carbocycles. The molecular weight excluding hydrogens is 526 g/mol. The van der Waals surface area contributed by atoms with E-state index in [-0.39, 0.29) is 24.3 Å². The Bertz CT molecular complexity index is 1700. The number of aromatic nitrogens is 1. The van der Waals surface area contributed by atoms with Crippen molar-refractivity contribution < 1.29 is 27.8 Å². The lowest BCUT2D eigenvalue weighted by molar-refractivity contribution is -0.115. The average Bonchev–Trinajstić information content (AvgIpc) is 3.27. The minimum atomic E-state index is -0.485. The summed E-state index contributed by atoms with van der Waals surface area (Å²) in [7, 11) is 1.69. The summed E-state index contributed by atoms with van der Waals surface area (Å²) in [6, 6.07) is 16.5. The first-order valence-corrected chi connectivity index (χ1v) is 12.7. The van der Waals surface area contributed by atoms with Gasteiger partial charge in [-0.2, -0.15) is 0 Å². The highest BCUT2D eigenvalue weighted by atomic mass is 32.2. The number of hydrogen-bond donors (Lipinski definition) is 1. The second-order valence-electron chi connectivity index (χ2n) is 8.75. The first kappa shape index (κ1) is 26.2. The average molecular weight is 549 g/mol. The van der Waals surface area contributed by atoms with Crippen molar-refractivity contribution in [3.05, 3.63) is 99.1 Å². The summed E-state index contributed by atoms with van der Waals surface area (Å²) in [4.78, 5) is 37.1. The van der Waals surface area contributed by atoms with E-state index in [1.807, 2.05) is 0 Å². The molecule has 0 radical (unpaired) electrons. The van der Waals surface area contributed by atoms with Crippen molar-refractivity contribution in [2.24, 2.45) is 7.05 Å². The van der Waals surface area contributed by atoms with Gasteiger partial charge in [-0.1, -0.05) is 12.1 Å². The molecule has 10 heteroatoms. The minimum Gasteiger partial charge on any atom is -0.490 e. The lowest BCUT2D eigenvalue weighted by Gasteiger charge is -2.18. The lowest BCUT2D eigenvalue weighted by Crippen LogP contribution is -2.18. The van der Waals surface area contributed by atoms with Gasteiger partial charge in [-0.3, -0.25) is 19.7 Å².